The minimum Gasteiger partial charge on any atom is -0.330 e. The van der Waals surface area contributed by atoms with Crippen LogP contribution in [0.4, 0.5) is 0 Å². The van der Waals surface area contributed by atoms with Crippen LogP contribution >= 0.6 is 0 Å². The van der Waals surface area contributed by atoms with E-state index in [1.54, 1.807) is 0 Å². The van der Waals surface area contributed by atoms with Crippen LogP contribution in [0.3, 0.4) is 0 Å². The lowest BCUT2D eigenvalue weighted by molar-refractivity contribution is 0.813. The number of rotatable bonds is 4. The largest absolute Gasteiger partial charge is 0.330 e. The van der Waals surface area contributed by atoms with E-state index < -0.39 is 0 Å². The van der Waals surface area contributed by atoms with Gasteiger partial charge in [0, 0.05) is 12.8 Å². The second-order valence-electron chi connectivity index (χ2n) is 4.65. The number of H-pyrrole nitrogens is 1. The molecule has 0 atom stereocenters. The van der Waals surface area contributed by atoms with Crippen molar-refractivity contribution in [2.45, 2.75) is 19.8 Å². The molecule has 2 aromatic heterocycles. The highest BCUT2D eigenvalue weighted by Crippen LogP contribution is 2.12. The van der Waals surface area contributed by atoms with E-state index >= 15 is 0 Å². The van der Waals surface area contributed by atoms with Crippen molar-refractivity contribution >= 4 is 5.78 Å². The lowest BCUT2D eigenvalue weighted by Gasteiger charge is -1.99. The van der Waals surface area contributed by atoms with Gasteiger partial charge in [-0.1, -0.05) is 30.3 Å². The van der Waals surface area contributed by atoms with Crippen molar-refractivity contribution in [2.24, 2.45) is 5.73 Å². The molecule has 0 bridgehead atoms. The van der Waals surface area contributed by atoms with Crippen LogP contribution in [0.15, 0.2) is 30.3 Å². The molecular weight excluding hydrogens is 238 g/mol. The number of aromatic amines is 1. The average molecular weight is 255 g/mol. The van der Waals surface area contributed by atoms with E-state index in [1.165, 1.54) is 5.56 Å². The Labute approximate surface area is 111 Å². The van der Waals surface area contributed by atoms with Crippen LogP contribution < -0.4 is 5.73 Å². The molecule has 0 amide bonds. The first-order valence-electron chi connectivity index (χ1n) is 6.44. The van der Waals surface area contributed by atoms with Crippen LogP contribution in [-0.4, -0.2) is 26.1 Å². The molecule has 0 aliphatic heterocycles. The zero-order valence-electron chi connectivity index (χ0n) is 10.9. The van der Waals surface area contributed by atoms with E-state index in [2.05, 4.69) is 27.2 Å². The van der Waals surface area contributed by atoms with Crippen LogP contribution in [0.5, 0.6) is 0 Å². The summed E-state index contributed by atoms with van der Waals surface area (Å²) in [6.07, 6.45) is 1.59. The summed E-state index contributed by atoms with van der Waals surface area (Å²) in [4.78, 5) is 8.99. The Hall–Kier alpha value is -2.14. The Morgan fingerprint density at radius 1 is 1.21 bits per heavy atom. The van der Waals surface area contributed by atoms with Gasteiger partial charge in [-0.25, -0.2) is 9.50 Å². The van der Waals surface area contributed by atoms with Crippen molar-refractivity contribution < 1.29 is 0 Å². The molecular formula is C14H17N5. The van der Waals surface area contributed by atoms with Crippen molar-refractivity contribution in [3.05, 3.63) is 53.1 Å². The molecule has 3 rings (SSSR count). The zero-order chi connectivity index (χ0) is 13.2. The maximum atomic E-state index is 5.63. The van der Waals surface area contributed by atoms with Gasteiger partial charge in [0.2, 0.25) is 0 Å². The topological polar surface area (TPSA) is 72.0 Å². The summed E-state index contributed by atoms with van der Waals surface area (Å²) in [6, 6.07) is 10.3. The molecule has 0 saturated heterocycles. The lowest BCUT2D eigenvalue weighted by Crippen LogP contribution is -2.07. The van der Waals surface area contributed by atoms with Crippen molar-refractivity contribution in [3.63, 3.8) is 0 Å². The van der Waals surface area contributed by atoms with Crippen LogP contribution in [0.25, 0.3) is 5.78 Å². The van der Waals surface area contributed by atoms with Crippen LogP contribution in [0, 0.1) is 6.92 Å². The molecule has 0 aliphatic rings. The summed E-state index contributed by atoms with van der Waals surface area (Å²) < 4.78 is 1.94. The maximum absolute atomic E-state index is 5.63. The molecule has 0 saturated carbocycles. The predicted molar refractivity (Wildman–Crippen MR) is 74.1 cm³/mol. The fraction of sp³-hybridized carbons (Fsp3) is 0.286. The van der Waals surface area contributed by atoms with Crippen molar-refractivity contribution in [3.8, 4) is 0 Å². The van der Waals surface area contributed by atoms with Crippen molar-refractivity contribution in [1.82, 2.24) is 19.6 Å². The van der Waals surface area contributed by atoms with Gasteiger partial charge in [0.1, 0.15) is 5.82 Å². The number of aromatic nitrogens is 4. The van der Waals surface area contributed by atoms with Gasteiger partial charge in [-0.15, -0.1) is 0 Å². The molecule has 5 nitrogen and oxygen atoms in total. The van der Waals surface area contributed by atoms with Gasteiger partial charge < -0.3 is 5.73 Å². The van der Waals surface area contributed by atoms with Gasteiger partial charge in [0.05, 0.1) is 11.4 Å². The van der Waals surface area contributed by atoms with Crippen LogP contribution in [0.1, 0.15) is 22.8 Å². The lowest BCUT2D eigenvalue weighted by atomic mass is 10.1. The Balaban J connectivity index is 1.94. The molecule has 0 fully saturated rings. The van der Waals surface area contributed by atoms with E-state index in [1.807, 2.05) is 29.6 Å². The fourth-order valence-electron chi connectivity index (χ4n) is 2.31. The highest BCUT2D eigenvalue weighted by Gasteiger charge is 2.12. The molecule has 5 heteroatoms. The molecule has 0 radical (unpaired) electrons. The second kappa shape index (κ2) is 4.85. The standard InChI is InChI=1S/C14H17N5/c1-10-12(7-8-15)19-14(16-10)17-13(18-19)9-11-5-3-2-4-6-11/h2-6H,7-9,15H2,1H3,(H,16,17,18). The Kier molecular flexibility index (Phi) is 3.05. The summed E-state index contributed by atoms with van der Waals surface area (Å²) in [5.41, 5.74) is 8.98. The first kappa shape index (κ1) is 11.9. The molecule has 1 aromatic carbocycles. The van der Waals surface area contributed by atoms with E-state index in [-0.39, 0.29) is 0 Å². The van der Waals surface area contributed by atoms with Gasteiger partial charge in [-0.3, -0.25) is 5.10 Å². The van der Waals surface area contributed by atoms with Gasteiger partial charge in [0.25, 0.3) is 5.78 Å². The Bertz CT molecular complexity index is 680. The Morgan fingerprint density at radius 2 is 2.00 bits per heavy atom. The third-order valence-corrected chi connectivity index (χ3v) is 3.23. The monoisotopic (exact) mass is 255 g/mol. The molecule has 2 heterocycles. The number of hydrogen-bond donors (Lipinski definition) is 2. The van der Waals surface area contributed by atoms with Crippen molar-refractivity contribution in [2.75, 3.05) is 6.54 Å². The minimum atomic E-state index is 0.613. The normalized spacial score (nSPS) is 11.3. The molecule has 0 aliphatic carbocycles. The number of hydrogen-bond acceptors (Lipinski definition) is 3. The predicted octanol–water partition coefficient (Wildman–Crippen LogP) is 1.46. The number of nitrogens with zero attached hydrogens (tertiary/aromatic N) is 3. The number of aryl methyl sites for hydroxylation is 1. The van der Waals surface area contributed by atoms with E-state index in [0.29, 0.717) is 6.54 Å². The molecule has 3 aromatic rings. The average Bonchev–Trinajstić information content (AvgIpc) is 2.90. The number of imidazole rings is 1. The summed E-state index contributed by atoms with van der Waals surface area (Å²) in [5, 5.41) is 3.31. The quantitative estimate of drug-likeness (QED) is 0.741. The van der Waals surface area contributed by atoms with Crippen LogP contribution in [0.2, 0.25) is 0 Å². The van der Waals surface area contributed by atoms with E-state index in [0.717, 1.165) is 35.8 Å². The van der Waals surface area contributed by atoms with Crippen LogP contribution in [-0.2, 0) is 12.8 Å². The maximum Gasteiger partial charge on any atom is 0.251 e. The third kappa shape index (κ3) is 2.24. The van der Waals surface area contributed by atoms with Gasteiger partial charge >= 0.3 is 0 Å². The highest BCUT2D eigenvalue weighted by molar-refractivity contribution is 5.35. The third-order valence-electron chi connectivity index (χ3n) is 3.23. The number of fused-ring (bicyclic) bond motifs is 1. The fourth-order valence-corrected chi connectivity index (χ4v) is 2.31. The molecule has 0 spiro atoms. The molecule has 3 N–H and O–H groups in total. The molecule has 19 heavy (non-hydrogen) atoms. The Morgan fingerprint density at radius 3 is 2.74 bits per heavy atom. The highest BCUT2D eigenvalue weighted by atomic mass is 15.3. The number of benzene rings is 1. The summed E-state index contributed by atoms with van der Waals surface area (Å²) in [6.45, 7) is 2.60. The first-order chi connectivity index (χ1) is 9.28. The smallest absolute Gasteiger partial charge is 0.251 e. The van der Waals surface area contributed by atoms with E-state index in [4.69, 9.17) is 5.73 Å². The second-order valence-corrected chi connectivity index (χ2v) is 4.65. The number of nitrogens with one attached hydrogen (secondary N) is 1. The summed E-state index contributed by atoms with van der Waals surface area (Å²) in [7, 11) is 0. The van der Waals surface area contributed by atoms with Gasteiger partial charge in [-0.2, -0.15) is 4.98 Å². The summed E-state index contributed by atoms with van der Waals surface area (Å²) in [5.74, 6) is 1.65. The molecule has 98 valence electrons. The number of nitrogens with two attached hydrogens (primary N) is 1. The van der Waals surface area contributed by atoms with Crippen molar-refractivity contribution in [1.29, 1.82) is 0 Å². The van der Waals surface area contributed by atoms with Gasteiger partial charge in [-0.05, 0) is 19.0 Å². The first-order valence-corrected chi connectivity index (χ1v) is 6.44. The molecule has 0 unspecified atom stereocenters. The van der Waals surface area contributed by atoms with Gasteiger partial charge in [0.15, 0.2) is 0 Å². The zero-order valence-corrected chi connectivity index (χ0v) is 10.9. The van der Waals surface area contributed by atoms with E-state index in [9.17, 15) is 0 Å². The SMILES string of the molecule is Cc1nc2nc(Cc3ccccc3)[nH]n2c1CCN. The summed E-state index contributed by atoms with van der Waals surface area (Å²) >= 11 is 0. The minimum absolute atomic E-state index is 0.613.